The summed E-state index contributed by atoms with van der Waals surface area (Å²) in [5.74, 6) is -0.789. The summed E-state index contributed by atoms with van der Waals surface area (Å²) in [5, 5.41) is 11.7. The molecule has 0 atom stereocenters. The molecule has 0 bridgehead atoms. The van der Waals surface area contributed by atoms with E-state index in [9.17, 15) is 9.59 Å². The molecule has 1 fully saturated rings. The Labute approximate surface area is 114 Å². The Hall–Kier alpha value is -1.30. The fourth-order valence-electron chi connectivity index (χ4n) is 2.36. The van der Waals surface area contributed by atoms with Gasteiger partial charge in [-0.25, -0.2) is 4.79 Å². The van der Waals surface area contributed by atoms with Crippen LogP contribution < -0.4 is 5.32 Å². The van der Waals surface area contributed by atoms with Crippen LogP contribution in [0.1, 0.15) is 32.1 Å². The van der Waals surface area contributed by atoms with Crippen molar-refractivity contribution in [3.63, 3.8) is 0 Å². The van der Waals surface area contributed by atoms with E-state index in [-0.39, 0.29) is 17.9 Å². The highest BCUT2D eigenvalue weighted by atomic mass is 16.5. The molecule has 0 radical (unpaired) electrons. The predicted octanol–water partition coefficient (Wildman–Crippen LogP) is 1.31. The van der Waals surface area contributed by atoms with Gasteiger partial charge in [-0.15, -0.1) is 0 Å². The van der Waals surface area contributed by atoms with Crippen LogP contribution in [-0.4, -0.2) is 55.9 Å². The Morgan fingerprint density at radius 1 is 1.42 bits per heavy atom. The van der Waals surface area contributed by atoms with Gasteiger partial charge in [-0.1, -0.05) is 6.42 Å². The van der Waals surface area contributed by atoms with Crippen LogP contribution in [0.5, 0.6) is 0 Å². The van der Waals surface area contributed by atoms with Crippen LogP contribution in [0.2, 0.25) is 0 Å². The number of ether oxygens (including phenoxy) is 1. The summed E-state index contributed by atoms with van der Waals surface area (Å²) in [6.07, 6.45) is 3.74. The number of nitrogens with zero attached hydrogens (tertiary/aromatic N) is 1. The Bertz CT molecular complexity index is 316. The maximum absolute atomic E-state index is 11.8. The van der Waals surface area contributed by atoms with E-state index < -0.39 is 5.97 Å². The molecule has 0 aliphatic heterocycles. The smallest absolute Gasteiger partial charge is 0.317 e. The highest BCUT2D eigenvalue weighted by Gasteiger charge is 2.39. The molecule has 6 nitrogen and oxygen atoms in total. The second kappa shape index (κ2) is 7.33. The quantitative estimate of drug-likeness (QED) is 0.653. The lowest BCUT2D eigenvalue weighted by molar-refractivity contribution is -0.141. The van der Waals surface area contributed by atoms with Gasteiger partial charge in [-0.2, -0.15) is 0 Å². The Balaban J connectivity index is 2.30. The Morgan fingerprint density at radius 2 is 2.11 bits per heavy atom. The van der Waals surface area contributed by atoms with Crippen molar-refractivity contribution in [2.75, 3.05) is 33.9 Å². The number of amides is 2. The molecule has 0 aromatic heterocycles. The van der Waals surface area contributed by atoms with Crippen molar-refractivity contribution in [1.82, 2.24) is 10.2 Å². The number of carboxylic acid groups (broad SMARTS) is 1. The molecular weight excluding hydrogens is 248 g/mol. The predicted molar refractivity (Wildman–Crippen MR) is 71.1 cm³/mol. The lowest BCUT2D eigenvalue weighted by Gasteiger charge is -2.41. The van der Waals surface area contributed by atoms with Gasteiger partial charge in [0.2, 0.25) is 0 Å². The van der Waals surface area contributed by atoms with Crippen LogP contribution in [0.15, 0.2) is 0 Å². The van der Waals surface area contributed by atoms with E-state index in [2.05, 4.69) is 5.32 Å². The lowest BCUT2D eigenvalue weighted by atomic mass is 9.66. The maximum atomic E-state index is 11.8. The van der Waals surface area contributed by atoms with Gasteiger partial charge < -0.3 is 20.1 Å². The first-order valence-corrected chi connectivity index (χ1v) is 6.69. The van der Waals surface area contributed by atoms with E-state index in [1.807, 2.05) is 0 Å². The summed E-state index contributed by atoms with van der Waals surface area (Å²) >= 11 is 0. The fraction of sp³-hybridized carbons (Fsp3) is 0.846. The highest BCUT2D eigenvalue weighted by Crippen LogP contribution is 2.43. The molecule has 1 aliphatic carbocycles. The molecular formula is C13H24N2O4. The third-order valence-corrected chi connectivity index (χ3v) is 3.74. The van der Waals surface area contributed by atoms with Gasteiger partial charge in [0.1, 0.15) is 0 Å². The number of hydrogen-bond donors (Lipinski definition) is 2. The number of nitrogens with one attached hydrogen (secondary N) is 1. The minimum absolute atomic E-state index is 0.140. The first-order chi connectivity index (χ1) is 8.99. The van der Waals surface area contributed by atoms with Crippen LogP contribution >= 0.6 is 0 Å². The average Bonchev–Trinajstić information content (AvgIpc) is 2.31. The molecule has 2 amide bonds. The van der Waals surface area contributed by atoms with Crippen LogP contribution in [0.3, 0.4) is 0 Å². The van der Waals surface area contributed by atoms with Gasteiger partial charge in [0, 0.05) is 33.9 Å². The topological polar surface area (TPSA) is 78.9 Å². The first kappa shape index (κ1) is 15.8. The lowest BCUT2D eigenvalue weighted by Crippen LogP contribution is -2.47. The third kappa shape index (κ3) is 5.06. The fourth-order valence-corrected chi connectivity index (χ4v) is 2.36. The van der Waals surface area contributed by atoms with E-state index in [1.165, 1.54) is 0 Å². The van der Waals surface area contributed by atoms with E-state index in [4.69, 9.17) is 9.84 Å². The largest absolute Gasteiger partial charge is 0.481 e. The van der Waals surface area contributed by atoms with Crippen molar-refractivity contribution < 1.29 is 19.4 Å². The molecule has 0 unspecified atom stereocenters. The molecule has 0 aromatic rings. The zero-order chi connectivity index (χ0) is 14.3. The van der Waals surface area contributed by atoms with E-state index in [0.717, 1.165) is 25.7 Å². The van der Waals surface area contributed by atoms with Crippen molar-refractivity contribution >= 4 is 12.0 Å². The molecule has 2 N–H and O–H groups in total. The van der Waals surface area contributed by atoms with Crippen LogP contribution in [0.4, 0.5) is 4.79 Å². The number of carbonyl (C=O) groups is 2. The molecule has 6 heteroatoms. The van der Waals surface area contributed by atoms with E-state index in [0.29, 0.717) is 19.7 Å². The summed E-state index contributed by atoms with van der Waals surface area (Å²) in [6, 6.07) is -0.146. The molecule has 0 spiro atoms. The number of aliphatic carboxylic acids is 1. The van der Waals surface area contributed by atoms with Gasteiger partial charge in [0.05, 0.1) is 6.42 Å². The van der Waals surface area contributed by atoms with Crippen molar-refractivity contribution in [2.45, 2.75) is 32.1 Å². The van der Waals surface area contributed by atoms with Crippen LogP contribution in [0.25, 0.3) is 0 Å². The normalized spacial score (nSPS) is 16.5. The zero-order valence-electron chi connectivity index (χ0n) is 11.8. The molecule has 1 saturated carbocycles. The summed E-state index contributed by atoms with van der Waals surface area (Å²) in [7, 11) is 3.36. The molecule has 110 valence electrons. The minimum Gasteiger partial charge on any atom is -0.481 e. The summed E-state index contributed by atoms with van der Waals surface area (Å²) in [6.45, 7) is 1.71. The van der Waals surface area contributed by atoms with Crippen molar-refractivity contribution in [2.24, 2.45) is 5.41 Å². The maximum Gasteiger partial charge on any atom is 0.317 e. The highest BCUT2D eigenvalue weighted by molar-refractivity contribution is 5.74. The van der Waals surface area contributed by atoms with Gasteiger partial charge in [-0.3, -0.25) is 4.79 Å². The average molecular weight is 272 g/mol. The summed E-state index contributed by atoms with van der Waals surface area (Å²) in [4.78, 5) is 24.3. The number of carbonyl (C=O) groups excluding carboxylic acids is 1. The third-order valence-electron chi connectivity index (χ3n) is 3.74. The second-order valence-electron chi connectivity index (χ2n) is 5.35. The minimum atomic E-state index is -0.789. The second-order valence-corrected chi connectivity index (χ2v) is 5.35. The molecule has 0 saturated heterocycles. The van der Waals surface area contributed by atoms with Crippen molar-refractivity contribution in [3.8, 4) is 0 Å². The van der Waals surface area contributed by atoms with Crippen molar-refractivity contribution in [1.29, 1.82) is 0 Å². The van der Waals surface area contributed by atoms with Gasteiger partial charge in [0.15, 0.2) is 0 Å². The number of carboxylic acids is 1. The molecule has 19 heavy (non-hydrogen) atoms. The zero-order valence-corrected chi connectivity index (χ0v) is 11.8. The summed E-state index contributed by atoms with van der Waals surface area (Å²) < 4.78 is 4.93. The SMILES string of the molecule is COCCCN(C)C(=O)NCC1(CC(=O)O)CCC1. The number of urea groups is 1. The molecule has 1 aliphatic rings. The van der Waals surface area contributed by atoms with Gasteiger partial charge in [-0.05, 0) is 24.7 Å². The Morgan fingerprint density at radius 3 is 2.58 bits per heavy atom. The summed E-state index contributed by atoms with van der Waals surface area (Å²) in [5.41, 5.74) is -0.227. The standard InChI is InChI=1S/C13H24N2O4/c1-15(7-4-8-19-2)12(18)14-10-13(5-3-6-13)9-11(16)17/h3-10H2,1-2H3,(H,14,18)(H,16,17). The van der Waals surface area contributed by atoms with E-state index >= 15 is 0 Å². The first-order valence-electron chi connectivity index (χ1n) is 6.69. The van der Waals surface area contributed by atoms with Crippen LogP contribution in [-0.2, 0) is 9.53 Å². The van der Waals surface area contributed by atoms with Crippen molar-refractivity contribution in [3.05, 3.63) is 0 Å². The Kier molecular flexibility index (Phi) is 6.08. The van der Waals surface area contributed by atoms with E-state index in [1.54, 1.807) is 19.1 Å². The number of hydrogen-bond acceptors (Lipinski definition) is 3. The van der Waals surface area contributed by atoms with Crippen LogP contribution in [0, 0.1) is 5.41 Å². The van der Waals surface area contributed by atoms with Gasteiger partial charge >= 0.3 is 12.0 Å². The number of rotatable bonds is 8. The molecule has 1 rings (SSSR count). The number of methoxy groups -OCH3 is 1. The van der Waals surface area contributed by atoms with Gasteiger partial charge in [0.25, 0.3) is 0 Å². The monoisotopic (exact) mass is 272 g/mol. The molecule has 0 heterocycles. The molecule has 0 aromatic carbocycles.